The number of urea groups is 1. The van der Waals surface area contributed by atoms with E-state index in [1.807, 2.05) is 30.0 Å². The van der Waals surface area contributed by atoms with Crippen LogP contribution in [-0.4, -0.2) is 76.8 Å². The Morgan fingerprint density at radius 1 is 1.29 bits per heavy atom. The molecule has 24 heavy (non-hydrogen) atoms. The fraction of sp³-hybridized carbons (Fsp3) is 0.688. The van der Waals surface area contributed by atoms with Gasteiger partial charge in [0.1, 0.15) is 0 Å². The van der Waals surface area contributed by atoms with Gasteiger partial charge in [0.05, 0.1) is 17.9 Å². The molecule has 1 atom stereocenters. The smallest absolute Gasteiger partial charge is 0.317 e. The SMILES string of the molecule is CCNC(=O)N1CCN(C2CCCN(c3cnn(C)c3)C2=O)CC1. The van der Waals surface area contributed by atoms with Crippen LogP contribution in [0.1, 0.15) is 19.8 Å². The summed E-state index contributed by atoms with van der Waals surface area (Å²) in [6.45, 7) is 6.13. The highest BCUT2D eigenvalue weighted by Crippen LogP contribution is 2.24. The van der Waals surface area contributed by atoms with Crippen LogP contribution in [0.25, 0.3) is 0 Å². The lowest BCUT2D eigenvalue weighted by molar-refractivity contribution is -0.126. The minimum Gasteiger partial charge on any atom is -0.338 e. The van der Waals surface area contributed by atoms with Gasteiger partial charge in [-0.3, -0.25) is 14.4 Å². The molecule has 0 saturated carbocycles. The fourth-order valence-electron chi connectivity index (χ4n) is 3.50. The molecular formula is C16H26N6O2. The summed E-state index contributed by atoms with van der Waals surface area (Å²) < 4.78 is 1.72. The summed E-state index contributed by atoms with van der Waals surface area (Å²) in [6, 6.07) is -0.0977. The molecule has 0 aliphatic carbocycles. The van der Waals surface area contributed by atoms with E-state index in [1.165, 1.54) is 0 Å². The van der Waals surface area contributed by atoms with Crippen molar-refractivity contribution >= 4 is 17.6 Å². The molecule has 0 bridgehead atoms. The molecule has 2 aliphatic rings. The Bertz CT molecular complexity index is 593. The van der Waals surface area contributed by atoms with Crippen LogP contribution in [0.15, 0.2) is 12.4 Å². The Morgan fingerprint density at radius 3 is 2.67 bits per heavy atom. The van der Waals surface area contributed by atoms with Crippen LogP contribution in [0.5, 0.6) is 0 Å². The average molecular weight is 334 g/mol. The van der Waals surface area contributed by atoms with Crippen LogP contribution < -0.4 is 10.2 Å². The maximum Gasteiger partial charge on any atom is 0.317 e. The van der Waals surface area contributed by atoms with Gasteiger partial charge in [0.2, 0.25) is 5.91 Å². The number of hydrogen-bond donors (Lipinski definition) is 1. The fourth-order valence-corrected chi connectivity index (χ4v) is 3.50. The minimum atomic E-state index is -0.0876. The van der Waals surface area contributed by atoms with Gasteiger partial charge in [-0.05, 0) is 19.8 Å². The number of rotatable bonds is 3. The summed E-state index contributed by atoms with van der Waals surface area (Å²) in [5, 5.41) is 7.00. The van der Waals surface area contributed by atoms with E-state index >= 15 is 0 Å². The van der Waals surface area contributed by atoms with E-state index < -0.39 is 0 Å². The van der Waals surface area contributed by atoms with Gasteiger partial charge in [-0.25, -0.2) is 4.79 Å². The number of aromatic nitrogens is 2. The normalized spacial score (nSPS) is 22.8. The average Bonchev–Trinajstić information content (AvgIpc) is 3.02. The summed E-state index contributed by atoms with van der Waals surface area (Å²) >= 11 is 0. The maximum atomic E-state index is 12.9. The first-order valence-electron chi connectivity index (χ1n) is 8.67. The van der Waals surface area contributed by atoms with Gasteiger partial charge in [-0.1, -0.05) is 0 Å². The van der Waals surface area contributed by atoms with E-state index in [4.69, 9.17) is 0 Å². The van der Waals surface area contributed by atoms with Gasteiger partial charge in [0, 0.05) is 52.5 Å². The van der Waals surface area contributed by atoms with E-state index in [1.54, 1.807) is 10.9 Å². The van der Waals surface area contributed by atoms with Crippen molar-refractivity contribution in [1.29, 1.82) is 0 Å². The third-order valence-corrected chi connectivity index (χ3v) is 4.78. The molecule has 0 spiro atoms. The summed E-state index contributed by atoms with van der Waals surface area (Å²) in [6.07, 6.45) is 5.50. The Hall–Kier alpha value is -2.09. The minimum absolute atomic E-state index is 0.0101. The molecule has 1 aromatic heterocycles. The lowest BCUT2D eigenvalue weighted by Gasteiger charge is -2.42. The van der Waals surface area contributed by atoms with Crippen LogP contribution in [-0.2, 0) is 11.8 Å². The summed E-state index contributed by atoms with van der Waals surface area (Å²) in [4.78, 5) is 30.7. The number of anilines is 1. The number of piperidine rings is 1. The number of carbonyl (C=O) groups excluding carboxylic acids is 2. The van der Waals surface area contributed by atoms with Crippen molar-refractivity contribution in [1.82, 2.24) is 24.9 Å². The third-order valence-electron chi connectivity index (χ3n) is 4.78. The molecular weight excluding hydrogens is 308 g/mol. The predicted octanol–water partition coefficient (Wildman–Crippen LogP) is 0.263. The standard InChI is InChI=1S/C16H26N6O2/c1-3-17-16(24)21-9-7-20(8-10-21)14-5-4-6-22(15(14)23)13-11-18-19(2)12-13/h11-12,14H,3-10H2,1-2H3,(H,17,24). The van der Waals surface area contributed by atoms with Crippen LogP contribution >= 0.6 is 0 Å². The first-order valence-corrected chi connectivity index (χ1v) is 8.67. The highest BCUT2D eigenvalue weighted by Gasteiger charge is 2.36. The maximum absolute atomic E-state index is 12.9. The zero-order valence-corrected chi connectivity index (χ0v) is 14.4. The van der Waals surface area contributed by atoms with Crippen molar-refractivity contribution in [3.8, 4) is 0 Å². The van der Waals surface area contributed by atoms with E-state index in [-0.39, 0.29) is 18.0 Å². The van der Waals surface area contributed by atoms with E-state index in [0.717, 1.165) is 38.2 Å². The van der Waals surface area contributed by atoms with E-state index in [2.05, 4.69) is 15.3 Å². The third kappa shape index (κ3) is 3.38. The van der Waals surface area contributed by atoms with E-state index in [9.17, 15) is 9.59 Å². The van der Waals surface area contributed by atoms with Crippen LogP contribution in [0.4, 0.5) is 10.5 Å². The molecule has 132 valence electrons. The number of hydrogen-bond acceptors (Lipinski definition) is 4. The first kappa shape index (κ1) is 16.8. The monoisotopic (exact) mass is 334 g/mol. The molecule has 8 heteroatoms. The van der Waals surface area contributed by atoms with Gasteiger partial charge in [0.25, 0.3) is 0 Å². The predicted molar refractivity (Wildman–Crippen MR) is 90.8 cm³/mol. The molecule has 8 nitrogen and oxygen atoms in total. The van der Waals surface area contributed by atoms with Gasteiger partial charge < -0.3 is 15.1 Å². The van der Waals surface area contributed by atoms with Gasteiger partial charge >= 0.3 is 6.03 Å². The Morgan fingerprint density at radius 2 is 2.04 bits per heavy atom. The van der Waals surface area contributed by atoms with Crippen molar-refractivity contribution in [3.63, 3.8) is 0 Å². The second-order valence-electron chi connectivity index (χ2n) is 6.38. The molecule has 2 aliphatic heterocycles. The zero-order valence-electron chi connectivity index (χ0n) is 14.4. The quantitative estimate of drug-likeness (QED) is 0.861. The van der Waals surface area contributed by atoms with Crippen LogP contribution in [0.2, 0.25) is 0 Å². The first-order chi connectivity index (χ1) is 11.6. The molecule has 1 N–H and O–H groups in total. The summed E-state index contributed by atoms with van der Waals surface area (Å²) in [5.74, 6) is 0.153. The number of aryl methyl sites for hydroxylation is 1. The molecule has 2 fully saturated rings. The highest BCUT2D eigenvalue weighted by molar-refractivity contribution is 5.97. The van der Waals surface area contributed by atoms with Gasteiger partial charge in [-0.15, -0.1) is 0 Å². The number of nitrogens with zero attached hydrogens (tertiary/aromatic N) is 5. The molecule has 1 unspecified atom stereocenters. The highest BCUT2D eigenvalue weighted by atomic mass is 16.2. The molecule has 3 rings (SSSR count). The molecule has 3 heterocycles. The largest absolute Gasteiger partial charge is 0.338 e. The van der Waals surface area contributed by atoms with Gasteiger partial charge in [0.15, 0.2) is 0 Å². The molecule has 1 aromatic rings. The van der Waals surface area contributed by atoms with Gasteiger partial charge in [-0.2, -0.15) is 5.10 Å². The lowest BCUT2D eigenvalue weighted by Crippen LogP contribution is -2.59. The Labute approximate surface area is 142 Å². The molecule has 3 amide bonds. The zero-order chi connectivity index (χ0) is 17.1. The van der Waals surface area contributed by atoms with Crippen molar-refractivity contribution in [2.45, 2.75) is 25.8 Å². The Balaban J connectivity index is 1.61. The molecule has 2 saturated heterocycles. The summed E-state index contributed by atoms with van der Waals surface area (Å²) in [7, 11) is 1.86. The molecule has 0 aromatic carbocycles. The van der Waals surface area contributed by atoms with Crippen molar-refractivity contribution in [2.75, 3.05) is 44.2 Å². The van der Waals surface area contributed by atoms with Crippen molar-refractivity contribution < 1.29 is 9.59 Å². The van der Waals surface area contributed by atoms with Crippen molar-refractivity contribution in [2.24, 2.45) is 7.05 Å². The van der Waals surface area contributed by atoms with E-state index in [0.29, 0.717) is 19.6 Å². The van der Waals surface area contributed by atoms with Crippen LogP contribution in [0.3, 0.4) is 0 Å². The van der Waals surface area contributed by atoms with Crippen LogP contribution in [0, 0.1) is 0 Å². The molecule has 0 radical (unpaired) electrons. The van der Waals surface area contributed by atoms with Crippen molar-refractivity contribution in [3.05, 3.63) is 12.4 Å². The lowest BCUT2D eigenvalue weighted by atomic mass is 10.0. The second-order valence-corrected chi connectivity index (χ2v) is 6.38. The number of amides is 3. The number of nitrogens with one attached hydrogen (secondary N) is 1. The summed E-state index contributed by atoms with van der Waals surface area (Å²) in [5.41, 5.74) is 0.869. The number of carbonyl (C=O) groups is 2. The Kier molecular flexibility index (Phi) is 5.03. The topological polar surface area (TPSA) is 73.7 Å². The second kappa shape index (κ2) is 7.21. The number of piperazine rings is 1.